The summed E-state index contributed by atoms with van der Waals surface area (Å²) in [5, 5.41) is 5.28. The van der Waals surface area contributed by atoms with E-state index in [9.17, 15) is 18.4 Å². The summed E-state index contributed by atoms with van der Waals surface area (Å²) in [5.41, 5.74) is 1.89. The van der Waals surface area contributed by atoms with E-state index in [2.05, 4.69) is 15.4 Å². The number of furan rings is 1. The maximum atomic E-state index is 12.7. The Morgan fingerprint density at radius 3 is 2.53 bits per heavy atom. The van der Waals surface area contributed by atoms with Gasteiger partial charge in [-0.1, -0.05) is 30.3 Å². The van der Waals surface area contributed by atoms with Gasteiger partial charge in [0, 0.05) is 30.6 Å². The molecule has 1 heterocycles. The summed E-state index contributed by atoms with van der Waals surface area (Å²) in [6.45, 7) is -2.83. The first-order valence-electron chi connectivity index (χ1n) is 9.24. The molecule has 2 aromatic carbocycles. The maximum Gasteiger partial charge on any atom is 0.387 e. The highest BCUT2D eigenvalue weighted by Crippen LogP contribution is 2.27. The molecule has 3 rings (SSSR count). The van der Waals surface area contributed by atoms with E-state index in [4.69, 9.17) is 4.42 Å². The average Bonchev–Trinajstić information content (AvgIpc) is 3.25. The standard InChI is InChI=1S/C22H20F2N2O4/c23-22(24)30-18-9-8-17(14-16(18)13-15-5-2-1-3-6-15)26-20(27)10-11-25-21(28)19-7-4-12-29-19/h1-9,12,14,22H,10-11,13H2,(H,25,28)(H,26,27). The third kappa shape index (κ3) is 6.16. The van der Waals surface area contributed by atoms with Gasteiger partial charge in [0.15, 0.2) is 5.76 Å². The molecular formula is C22H20F2N2O4. The molecule has 0 aliphatic rings. The van der Waals surface area contributed by atoms with Crippen LogP contribution in [0, 0.1) is 0 Å². The second kappa shape index (κ2) is 10.2. The van der Waals surface area contributed by atoms with Gasteiger partial charge in [-0.2, -0.15) is 8.78 Å². The van der Waals surface area contributed by atoms with Gasteiger partial charge in [0.2, 0.25) is 5.91 Å². The summed E-state index contributed by atoms with van der Waals surface area (Å²) in [7, 11) is 0. The fourth-order valence-corrected chi connectivity index (χ4v) is 2.83. The Morgan fingerprint density at radius 1 is 1.03 bits per heavy atom. The molecule has 0 bridgehead atoms. The quantitative estimate of drug-likeness (QED) is 0.549. The molecule has 0 aliphatic carbocycles. The highest BCUT2D eigenvalue weighted by molar-refractivity contribution is 5.93. The van der Waals surface area contributed by atoms with Crippen LogP contribution in [0.15, 0.2) is 71.3 Å². The van der Waals surface area contributed by atoms with Crippen LogP contribution in [0.5, 0.6) is 5.75 Å². The van der Waals surface area contributed by atoms with Crippen LogP contribution in [0.4, 0.5) is 14.5 Å². The Morgan fingerprint density at radius 2 is 1.83 bits per heavy atom. The van der Waals surface area contributed by atoms with Crippen LogP contribution in [-0.2, 0) is 11.2 Å². The van der Waals surface area contributed by atoms with Gasteiger partial charge in [-0.05, 0) is 35.9 Å². The third-order valence-corrected chi connectivity index (χ3v) is 4.18. The van der Waals surface area contributed by atoms with Gasteiger partial charge in [0.25, 0.3) is 5.91 Å². The molecule has 2 N–H and O–H groups in total. The summed E-state index contributed by atoms with van der Waals surface area (Å²) >= 11 is 0. The minimum Gasteiger partial charge on any atom is -0.459 e. The van der Waals surface area contributed by atoms with Crippen molar-refractivity contribution in [3.63, 3.8) is 0 Å². The smallest absolute Gasteiger partial charge is 0.387 e. The fraction of sp³-hybridized carbons (Fsp3) is 0.182. The first-order chi connectivity index (χ1) is 14.5. The molecule has 0 unspecified atom stereocenters. The minimum absolute atomic E-state index is 0.0375. The lowest BCUT2D eigenvalue weighted by Gasteiger charge is -2.13. The van der Waals surface area contributed by atoms with E-state index < -0.39 is 12.5 Å². The zero-order chi connectivity index (χ0) is 21.3. The zero-order valence-corrected chi connectivity index (χ0v) is 15.9. The first-order valence-corrected chi connectivity index (χ1v) is 9.24. The molecule has 0 fully saturated rings. The zero-order valence-electron chi connectivity index (χ0n) is 15.9. The number of anilines is 1. The van der Waals surface area contributed by atoms with Crippen LogP contribution in [-0.4, -0.2) is 25.0 Å². The lowest BCUT2D eigenvalue weighted by atomic mass is 10.0. The molecular weight excluding hydrogens is 394 g/mol. The maximum absolute atomic E-state index is 12.7. The van der Waals surface area contributed by atoms with Crippen molar-refractivity contribution in [1.29, 1.82) is 0 Å². The normalized spacial score (nSPS) is 10.6. The largest absolute Gasteiger partial charge is 0.459 e. The average molecular weight is 414 g/mol. The predicted octanol–water partition coefficient (Wildman–Crippen LogP) is 4.23. The molecule has 0 atom stereocenters. The minimum atomic E-state index is -2.95. The SMILES string of the molecule is O=C(CCNC(=O)c1ccco1)Nc1ccc(OC(F)F)c(Cc2ccccc2)c1. The van der Waals surface area contributed by atoms with Crippen molar-refractivity contribution in [1.82, 2.24) is 5.32 Å². The van der Waals surface area contributed by atoms with Crippen LogP contribution in [0.25, 0.3) is 0 Å². The monoisotopic (exact) mass is 414 g/mol. The van der Waals surface area contributed by atoms with Gasteiger partial charge in [-0.3, -0.25) is 9.59 Å². The van der Waals surface area contributed by atoms with Gasteiger partial charge in [-0.25, -0.2) is 0 Å². The summed E-state index contributed by atoms with van der Waals surface area (Å²) in [5.74, 6) is -0.525. The van der Waals surface area contributed by atoms with Crippen molar-refractivity contribution in [3.8, 4) is 5.75 Å². The third-order valence-electron chi connectivity index (χ3n) is 4.18. The topological polar surface area (TPSA) is 80.6 Å². The van der Waals surface area contributed by atoms with Crippen LogP contribution < -0.4 is 15.4 Å². The molecule has 0 saturated heterocycles. The summed E-state index contributed by atoms with van der Waals surface area (Å²) in [6.07, 6.45) is 1.79. The number of carbonyl (C=O) groups excluding carboxylic acids is 2. The van der Waals surface area contributed by atoms with Gasteiger partial charge in [0.1, 0.15) is 5.75 Å². The van der Waals surface area contributed by atoms with E-state index in [0.717, 1.165) is 5.56 Å². The molecule has 6 nitrogen and oxygen atoms in total. The van der Waals surface area contributed by atoms with E-state index in [1.54, 1.807) is 12.1 Å². The lowest BCUT2D eigenvalue weighted by Crippen LogP contribution is -2.27. The highest BCUT2D eigenvalue weighted by atomic mass is 19.3. The number of nitrogens with one attached hydrogen (secondary N) is 2. The number of alkyl halides is 2. The summed E-state index contributed by atoms with van der Waals surface area (Å²) in [6, 6.07) is 16.9. The molecule has 30 heavy (non-hydrogen) atoms. The molecule has 0 spiro atoms. The molecule has 2 amide bonds. The van der Waals surface area contributed by atoms with E-state index >= 15 is 0 Å². The number of carbonyl (C=O) groups is 2. The van der Waals surface area contributed by atoms with Crippen LogP contribution >= 0.6 is 0 Å². The molecule has 156 valence electrons. The summed E-state index contributed by atoms with van der Waals surface area (Å²) < 4.78 is 35.0. The van der Waals surface area contributed by atoms with Crippen molar-refractivity contribution in [2.45, 2.75) is 19.5 Å². The molecule has 8 heteroatoms. The molecule has 1 aromatic heterocycles. The Kier molecular flexibility index (Phi) is 7.15. The Hall–Kier alpha value is -3.68. The van der Waals surface area contributed by atoms with E-state index in [1.165, 1.54) is 24.5 Å². The van der Waals surface area contributed by atoms with Crippen molar-refractivity contribution < 1.29 is 27.5 Å². The van der Waals surface area contributed by atoms with Crippen molar-refractivity contribution >= 4 is 17.5 Å². The van der Waals surface area contributed by atoms with E-state index in [0.29, 0.717) is 17.7 Å². The highest BCUT2D eigenvalue weighted by Gasteiger charge is 2.13. The van der Waals surface area contributed by atoms with Crippen molar-refractivity contribution in [3.05, 3.63) is 83.8 Å². The van der Waals surface area contributed by atoms with Crippen molar-refractivity contribution in [2.75, 3.05) is 11.9 Å². The Bertz CT molecular complexity index is 976. The number of amides is 2. The van der Waals surface area contributed by atoms with Gasteiger partial charge in [-0.15, -0.1) is 0 Å². The number of rotatable bonds is 9. The molecule has 0 radical (unpaired) electrons. The number of halogens is 2. The van der Waals surface area contributed by atoms with Gasteiger partial charge < -0.3 is 19.8 Å². The predicted molar refractivity (Wildman–Crippen MR) is 107 cm³/mol. The second-order valence-electron chi connectivity index (χ2n) is 6.39. The Labute approximate surface area is 171 Å². The second-order valence-corrected chi connectivity index (χ2v) is 6.39. The lowest BCUT2D eigenvalue weighted by molar-refractivity contribution is -0.116. The summed E-state index contributed by atoms with van der Waals surface area (Å²) in [4.78, 5) is 24.0. The van der Waals surface area contributed by atoms with E-state index in [1.807, 2.05) is 30.3 Å². The first kappa shape index (κ1) is 21.0. The van der Waals surface area contributed by atoms with Crippen LogP contribution in [0.1, 0.15) is 28.1 Å². The Balaban J connectivity index is 1.61. The molecule has 0 aliphatic heterocycles. The number of hydrogen-bond acceptors (Lipinski definition) is 4. The molecule has 3 aromatic rings. The number of hydrogen-bond donors (Lipinski definition) is 2. The van der Waals surface area contributed by atoms with Crippen LogP contribution in [0.3, 0.4) is 0 Å². The van der Waals surface area contributed by atoms with E-state index in [-0.39, 0.29) is 30.4 Å². The fourth-order valence-electron chi connectivity index (χ4n) is 2.83. The molecule has 0 saturated carbocycles. The number of benzene rings is 2. The van der Waals surface area contributed by atoms with Crippen LogP contribution in [0.2, 0.25) is 0 Å². The number of ether oxygens (including phenoxy) is 1. The van der Waals surface area contributed by atoms with Crippen molar-refractivity contribution in [2.24, 2.45) is 0 Å². The van der Waals surface area contributed by atoms with Gasteiger partial charge in [0.05, 0.1) is 6.26 Å². The van der Waals surface area contributed by atoms with Gasteiger partial charge >= 0.3 is 6.61 Å².